The molecule has 0 saturated carbocycles. The second-order valence-electron chi connectivity index (χ2n) is 9.48. The van der Waals surface area contributed by atoms with E-state index in [1.54, 1.807) is 38.6 Å². The van der Waals surface area contributed by atoms with Crippen molar-refractivity contribution in [2.24, 2.45) is 0 Å². The third kappa shape index (κ3) is 5.67. The fourth-order valence-corrected chi connectivity index (χ4v) is 4.70. The van der Waals surface area contributed by atoms with E-state index in [9.17, 15) is 9.18 Å². The van der Waals surface area contributed by atoms with Gasteiger partial charge in [0.25, 0.3) is 0 Å². The number of ether oxygens (including phenoxy) is 2. The number of nitrogens with zero attached hydrogens (tertiary/aromatic N) is 3. The average Bonchev–Trinajstić information content (AvgIpc) is 2.74. The van der Waals surface area contributed by atoms with Gasteiger partial charge in [-0.2, -0.15) is 4.98 Å². The molecule has 0 unspecified atom stereocenters. The first-order valence-electron chi connectivity index (χ1n) is 10.9. The molecule has 1 fully saturated rings. The third-order valence-corrected chi connectivity index (χ3v) is 5.89. The van der Waals surface area contributed by atoms with Crippen LogP contribution in [0.3, 0.4) is 0 Å². The Morgan fingerprint density at radius 3 is 2.41 bits per heavy atom. The number of carboxylic acids is 1. The van der Waals surface area contributed by atoms with E-state index in [0.717, 1.165) is 12.3 Å². The van der Waals surface area contributed by atoms with Gasteiger partial charge in [-0.05, 0) is 52.7 Å². The van der Waals surface area contributed by atoms with Crippen molar-refractivity contribution in [3.05, 3.63) is 42.5 Å². The summed E-state index contributed by atoms with van der Waals surface area (Å²) >= 11 is 0. The van der Waals surface area contributed by atoms with Gasteiger partial charge in [0, 0.05) is 41.1 Å². The van der Waals surface area contributed by atoms with Gasteiger partial charge in [-0.15, -0.1) is 0 Å². The zero-order chi connectivity index (χ0) is 25.1. The predicted octanol–water partition coefficient (Wildman–Crippen LogP) is 4.41. The molecule has 0 amide bonds. The molecule has 1 aromatic carbocycles. The second-order valence-corrected chi connectivity index (χ2v) is 9.48. The first kappa shape index (κ1) is 25.1. The van der Waals surface area contributed by atoms with Gasteiger partial charge < -0.3 is 30.1 Å². The van der Waals surface area contributed by atoms with Crippen molar-refractivity contribution in [2.75, 3.05) is 24.9 Å². The van der Waals surface area contributed by atoms with Crippen molar-refractivity contribution in [3.8, 4) is 11.5 Å². The highest BCUT2D eigenvalue weighted by atomic mass is 19.1. The number of hydrogen-bond acceptors (Lipinski definition) is 8. The highest BCUT2D eigenvalue weighted by molar-refractivity contribution is 5.79. The van der Waals surface area contributed by atoms with Gasteiger partial charge in [-0.25, -0.2) is 14.2 Å². The van der Waals surface area contributed by atoms with Crippen LogP contribution in [0, 0.1) is 5.82 Å². The molecule has 34 heavy (non-hydrogen) atoms. The van der Waals surface area contributed by atoms with Gasteiger partial charge in [0.15, 0.2) is 23.1 Å². The first-order chi connectivity index (χ1) is 15.9. The standard InChI is InChI=1S/C24H32FN5O4/c1-23(2)12-16(13-24(3,4)30(23)10-9-20(31)32)27-21-17(25)14-26-22(29-21)28-15-7-8-18(33-5)19(11-15)34-6/h7-11,14,16H,12-13H2,1-6H3,(H,31,32)(H2,26,27,28,29). The molecule has 0 bridgehead atoms. The number of anilines is 3. The van der Waals surface area contributed by atoms with Crippen LogP contribution in [-0.4, -0.2) is 57.3 Å². The number of benzene rings is 1. The van der Waals surface area contributed by atoms with E-state index in [0.29, 0.717) is 30.0 Å². The Labute approximate surface area is 199 Å². The maximum Gasteiger partial charge on any atom is 0.329 e. The minimum atomic E-state index is -0.996. The van der Waals surface area contributed by atoms with E-state index in [4.69, 9.17) is 14.6 Å². The molecule has 3 N–H and O–H groups in total. The summed E-state index contributed by atoms with van der Waals surface area (Å²) in [4.78, 5) is 21.5. The van der Waals surface area contributed by atoms with E-state index >= 15 is 0 Å². The molecule has 9 nitrogen and oxygen atoms in total. The number of hydrogen-bond donors (Lipinski definition) is 3. The number of aliphatic carboxylic acids is 1. The van der Waals surface area contributed by atoms with Crippen molar-refractivity contribution in [2.45, 2.75) is 57.7 Å². The van der Waals surface area contributed by atoms with Gasteiger partial charge in [0.1, 0.15) is 0 Å². The van der Waals surface area contributed by atoms with E-state index in [-0.39, 0.29) is 28.9 Å². The molecule has 0 spiro atoms. The van der Waals surface area contributed by atoms with Gasteiger partial charge in [0.2, 0.25) is 5.95 Å². The van der Waals surface area contributed by atoms with Gasteiger partial charge in [-0.3, -0.25) is 0 Å². The first-order valence-corrected chi connectivity index (χ1v) is 10.9. The van der Waals surface area contributed by atoms with Crippen LogP contribution < -0.4 is 20.1 Å². The van der Waals surface area contributed by atoms with Crippen LogP contribution in [0.4, 0.5) is 21.8 Å². The number of rotatable bonds is 8. The van der Waals surface area contributed by atoms with Crippen LogP contribution in [0.1, 0.15) is 40.5 Å². The third-order valence-electron chi connectivity index (χ3n) is 5.89. The fraction of sp³-hybridized carbons (Fsp3) is 0.458. The maximum absolute atomic E-state index is 14.6. The van der Waals surface area contributed by atoms with Crippen LogP contribution in [0.2, 0.25) is 0 Å². The van der Waals surface area contributed by atoms with Gasteiger partial charge >= 0.3 is 5.97 Å². The van der Waals surface area contributed by atoms with Crippen molar-refractivity contribution in [1.29, 1.82) is 0 Å². The number of piperidine rings is 1. The molecule has 0 aliphatic carbocycles. The molecule has 0 atom stereocenters. The summed E-state index contributed by atoms with van der Waals surface area (Å²) in [7, 11) is 3.10. The van der Waals surface area contributed by atoms with Crippen LogP contribution in [0.5, 0.6) is 11.5 Å². The zero-order valence-corrected chi connectivity index (χ0v) is 20.3. The van der Waals surface area contributed by atoms with E-state index in [1.165, 1.54) is 0 Å². The van der Waals surface area contributed by atoms with Crippen molar-refractivity contribution < 1.29 is 23.8 Å². The highest BCUT2D eigenvalue weighted by Gasteiger charge is 2.44. The second kappa shape index (κ2) is 9.74. The molecular formula is C24H32FN5O4. The smallest absolute Gasteiger partial charge is 0.329 e. The predicted molar refractivity (Wildman–Crippen MR) is 128 cm³/mol. The normalized spacial score (nSPS) is 17.4. The summed E-state index contributed by atoms with van der Waals surface area (Å²) in [5.74, 6) is -0.0852. The summed E-state index contributed by atoms with van der Waals surface area (Å²) in [5.41, 5.74) is -0.0680. The largest absolute Gasteiger partial charge is 0.493 e. The molecule has 2 heterocycles. The summed E-state index contributed by atoms with van der Waals surface area (Å²) in [5, 5.41) is 15.3. The maximum atomic E-state index is 14.6. The molecule has 2 aromatic rings. The molecule has 1 aliphatic rings. The van der Waals surface area contributed by atoms with Crippen LogP contribution in [-0.2, 0) is 4.79 Å². The van der Waals surface area contributed by atoms with E-state index in [2.05, 4.69) is 20.6 Å². The van der Waals surface area contributed by atoms with E-state index in [1.807, 2.05) is 32.6 Å². The molecule has 184 valence electrons. The van der Waals surface area contributed by atoms with Gasteiger partial charge in [-0.1, -0.05) is 0 Å². The Morgan fingerprint density at radius 1 is 1.18 bits per heavy atom. The molecule has 1 aromatic heterocycles. The Balaban J connectivity index is 1.79. The number of aromatic nitrogens is 2. The molecule has 1 aliphatic heterocycles. The number of nitrogens with one attached hydrogen (secondary N) is 2. The zero-order valence-electron chi connectivity index (χ0n) is 20.3. The molecule has 3 rings (SSSR count). The van der Waals surface area contributed by atoms with Crippen molar-refractivity contribution in [1.82, 2.24) is 14.9 Å². The quantitative estimate of drug-likeness (QED) is 0.480. The topological polar surface area (TPSA) is 109 Å². The lowest BCUT2D eigenvalue weighted by atomic mass is 9.77. The minimum absolute atomic E-state index is 0.0854. The lowest BCUT2D eigenvalue weighted by Crippen LogP contribution is -2.60. The summed E-state index contributed by atoms with van der Waals surface area (Å²) in [6.45, 7) is 8.15. The number of methoxy groups -OCH3 is 2. The lowest BCUT2D eigenvalue weighted by molar-refractivity contribution is -0.131. The number of likely N-dealkylation sites (tertiary alicyclic amines) is 1. The Morgan fingerprint density at radius 2 is 1.82 bits per heavy atom. The number of halogens is 1. The SMILES string of the molecule is COc1ccc(Nc2ncc(F)c(NC3CC(C)(C)N(C=CC(=O)O)C(C)(C)C3)n2)cc1OC. The molecule has 0 radical (unpaired) electrons. The molecule has 1 saturated heterocycles. The van der Waals surface area contributed by atoms with Gasteiger partial charge in [0.05, 0.1) is 20.4 Å². The van der Waals surface area contributed by atoms with Crippen LogP contribution >= 0.6 is 0 Å². The average molecular weight is 474 g/mol. The highest BCUT2D eigenvalue weighted by Crippen LogP contribution is 2.40. The molecular weight excluding hydrogens is 441 g/mol. The fourth-order valence-electron chi connectivity index (χ4n) is 4.70. The Bertz CT molecular complexity index is 1060. The Hall–Kier alpha value is -3.56. The summed E-state index contributed by atoms with van der Waals surface area (Å²) in [6, 6.07) is 5.19. The monoisotopic (exact) mass is 473 g/mol. The van der Waals surface area contributed by atoms with E-state index < -0.39 is 11.8 Å². The Kier molecular flexibility index (Phi) is 7.18. The van der Waals surface area contributed by atoms with Crippen LogP contribution in [0.15, 0.2) is 36.7 Å². The van der Waals surface area contributed by atoms with Crippen molar-refractivity contribution in [3.63, 3.8) is 0 Å². The van der Waals surface area contributed by atoms with Crippen molar-refractivity contribution >= 4 is 23.4 Å². The summed E-state index contributed by atoms with van der Waals surface area (Å²) in [6.07, 6.45) is 5.20. The summed E-state index contributed by atoms with van der Waals surface area (Å²) < 4.78 is 25.2. The molecule has 10 heteroatoms. The minimum Gasteiger partial charge on any atom is -0.493 e. The lowest BCUT2D eigenvalue weighted by Gasteiger charge is -2.55. The number of carbonyl (C=O) groups is 1. The van der Waals surface area contributed by atoms with Crippen LogP contribution in [0.25, 0.3) is 0 Å². The number of carboxylic acid groups (broad SMARTS) is 1.